The van der Waals surface area contributed by atoms with Crippen LogP contribution in [-0.4, -0.2) is 43.4 Å². The zero-order chi connectivity index (χ0) is 16.4. The Kier molecular flexibility index (Phi) is 4.12. The monoisotopic (exact) mass is 322 g/mol. The molecule has 122 valence electrons. The number of esters is 1. The summed E-state index contributed by atoms with van der Waals surface area (Å²) in [6.45, 7) is 1.77. The van der Waals surface area contributed by atoms with Crippen LogP contribution in [0.4, 0.5) is 14.5 Å². The van der Waals surface area contributed by atoms with Crippen LogP contribution in [0.5, 0.6) is 0 Å². The summed E-state index contributed by atoms with van der Waals surface area (Å²) in [5, 5.41) is 0.582. The second kappa shape index (κ2) is 6.08. The lowest BCUT2D eigenvalue weighted by atomic mass is 10.1. The van der Waals surface area contributed by atoms with E-state index in [-0.39, 0.29) is 13.2 Å². The predicted octanol–water partition coefficient (Wildman–Crippen LogP) is 2.84. The molecule has 0 atom stereocenters. The molecule has 0 N–H and O–H groups in total. The van der Waals surface area contributed by atoms with Crippen molar-refractivity contribution in [3.63, 3.8) is 0 Å². The van der Waals surface area contributed by atoms with Crippen molar-refractivity contribution in [1.82, 2.24) is 4.98 Å². The lowest BCUT2D eigenvalue weighted by molar-refractivity contribution is -0.240. The molecule has 2 aromatic rings. The highest BCUT2D eigenvalue weighted by Gasteiger charge is 2.36. The van der Waals surface area contributed by atoms with Crippen LogP contribution in [0.3, 0.4) is 0 Å². The Labute approximate surface area is 131 Å². The molecule has 1 aliphatic heterocycles. The standard InChI is InChI=1S/C16H16F2N2O3/c1-2-22-15(21)12-5-6-19-14-4-3-11(9-13(12)14)20-7-8-23-16(17,18)10-20/h3-6,9H,2,7-8,10H2,1H3. The molecule has 3 rings (SSSR count). The third kappa shape index (κ3) is 3.24. The number of pyridine rings is 1. The molecule has 0 aliphatic carbocycles. The summed E-state index contributed by atoms with van der Waals surface area (Å²) < 4.78 is 36.3. The Morgan fingerprint density at radius 3 is 3.00 bits per heavy atom. The minimum Gasteiger partial charge on any atom is -0.462 e. The van der Waals surface area contributed by atoms with E-state index in [1.807, 2.05) is 0 Å². The number of carbonyl (C=O) groups is 1. The molecule has 1 aromatic carbocycles. The number of carbonyl (C=O) groups excluding carboxylic acids is 1. The molecule has 1 aromatic heterocycles. The summed E-state index contributed by atoms with van der Waals surface area (Å²) >= 11 is 0. The minimum absolute atomic E-state index is 0.0528. The highest BCUT2D eigenvalue weighted by molar-refractivity contribution is 6.04. The first-order valence-electron chi connectivity index (χ1n) is 7.33. The van der Waals surface area contributed by atoms with Gasteiger partial charge in [0.25, 0.3) is 0 Å². The van der Waals surface area contributed by atoms with Gasteiger partial charge in [-0.1, -0.05) is 0 Å². The number of fused-ring (bicyclic) bond motifs is 1. The molecular weight excluding hydrogens is 306 g/mol. The van der Waals surface area contributed by atoms with Gasteiger partial charge in [-0.2, -0.15) is 8.78 Å². The minimum atomic E-state index is -3.17. The van der Waals surface area contributed by atoms with Crippen LogP contribution in [0.25, 0.3) is 10.9 Å². The summed E-state index contributed by atoms with van der Waals surface area (Å²) in [6, 6.07) is 6.68. The van der Waals surface area contributed by atoms with Gasteiger partial charge in [-0.25, -0.2) is 4.79 Å². The summed E-state index contributed by atoms with van der Waals surface area (Å²) in [7, 11) is 0. The van der Waals surface area contributed by atoms with Gasteiger partial charge in [0.2, 0.25) is 0 Å². The smallest absolute Gasteiger partial charge is 0.373 e. The molecule has 7 heteroatoms. The molecule has 23 heavy (non-hydrogen) atoms. The van der Waals surface area contributed by atoms with Crippen molar-refractivity contribution in [2.45, 2.75) is 13.0 Å². The van der Waals surface area contributed by atoms with Crippen molar-refractivity contribution >= 4 is 22.6 Å². The van der Waals surface area contributed by atoms with E-state index in [2.05, 4.69) is 9.72 Å². The number of rotatable bonds is 3. The fourth-order valence-corrected chi connectivity index (χ4v) is 2.59. The summed E-state index contributed by atoms with van der Waals surface area (Å²) in [4.78, 5) is 17.8. The molecule has 1 fully saturated rings. The molecule has 1 saturated heterocycles. The summed E-state index contributed by atoms with van der Waals surface area (Å²) in [5.41, 5.74) is 1.58. The van der Waals surface area contributed by atoms with Crippen molar-refractivity contribution in [3.05, 3.63) is 36.0 Å². The molecule has 0 spiro atoms. The van der Waals surface area contributed by atoms with E-state index in [4.69, 9.17) is 4.74 Å². The van der Waals surface area contributed by atoms with Crippen LogP contribution in [0.1, 0.15) is 17.3 Å². The van der Waals surface area contributed by atoms with Crippen LogP contribution < -0.4 is 4.90 Å². The number of morpholine rings is 1. The maximum Gasteiger partial charge on any atom is 0.373 e. The van der Waals surface area contributed by atoms with Gasteiger partial charge in [0.05, 0.1) is 24.3 Å². The number of ether oxygens (including phenoxy) is 2. The zero-order valence-corrected chi connectivity index (χ0v) is 12.6. The maximum absolute atomic E-state index is 13.4. The predicted molar refractivity (Wildman–Crippen MR) is 80.8 cm³/mol. The summed E-state index contributed by atoms with van der Waals surface area (Å²) in [5.74, 6) is -0.454. The van der Waals surface area contributed by atoms with Gasteiger partial charge >= 0.3 is 12.1 Å². The van der Waals surface area contributed by atoms with Crippen LogP contribution in [0.15, 0.2) is 30.5 Å². The lowest BCUT2D eigenvalue weighted by Gasteiger charge is -2.34. The number of benzene rings is 1. The van der Waals surface area contributed by atoms with E-state index >= 15 is 0 Å². The second-order valence-corrected chi connectivity index (χ2v) is 5.19. The third-order valence-electron chi connectivity index (χ3n) is 3.63. The number of anilines is 1. The number of nitrogens with zero attached hydrogens (tertiary/aromatic N) is 2. The normalized spacial score (nSPS) is 17.3. The van der Waals surface area contributed by atoms with Crippen molar-refractivity contribution in [2.75, 3.05) is 31.2 Å². The Morgan fingerprint density at radius 1 is 1.43 bits per heavy atom. The molecular formula is C16H16F2N2O3. The number of aromatic nitrogens is 1. The lowest BCUT2D eigenvalue weighted by Crippen LogP contribution is -2.46. The quantitative estimate of drug-likeness (QED) is 0.813. The van der Waals surface area contributed by atoms with Gasteiger partial charge in [0.15, 0.2) is 0 Å². The van der Waals surface area contributed by atoms with Gasteiger partial charge in [-0.3, -0.25) is 4.98 Å². The topological polar surface area (TPSA) is 51.7 Å². The third-order valence-corrected chi connectivity index (χ3v) is 3.63. The first-order valence-corrected chi connectivity index (χ1v) is 7.33. The van der Waals surface area contributed by atoms with Crippen molar-refractivity contribution < 1.29 is 23.0 Å². The highest BCUT2D eigenvalue weighted by Crippen LogP contribution is 2.29. The Bertz CT molecular complexity index is 736. The molecule has 0 amide bonds. The van der Waals surface area contributed by atoms with E-state index in [0.717, 1.165) is 0 Å². The van der Waals surface area contributed by atoms with Crippen LogP contribution in [0.2, 0.25) is 0 Å². The summed E-state index contributed by atoms with van der Waals surface area (Å²) in [6.07, 6.45) is -1.65. The highest BCUT2D eigenvalue weighted by atomic mass is 19.3. The SMILES string of the molecule is CCOC(=O)c1ccnc2ccc(N3CCOC(F)(F)C3)cc12. The van der Waals surface area contributed by atoms with Crippen molar-refractivity contribution in [2.24, 2.45) is 0 Å². The first-order chi connectivity index (χ1) is 11.0. The van der Waals surface area contributed by atoms with Crippen LogP contribution in [0, 0.1) is 0 Å². The van der Waals surface area contributed by atoms with Gasteiger partial charge in [0, 0.05) is 23.8 Å². The molecule has 5 nitrogen and oxygen atoms in total. The molecule has 2 heterocycles. The number of hydrogen-bond donors (Lipinski definition) is 0. The van der Waals surface area contributed by atoms with E-state index in [9.17, 15) is 13.6 Å². The zero-order valence-electron chi connectivity index (χ0n) is 12.6. The van der Waals surface area contributed by atoms with Crippen molar-refractivity contribution in [3.8, 4) is 0 Å². The Morgan fingerprint density at radius 2 is 2.26 bits per heavy atom. The number of hydrogen-bond acceptors (Lipinski definition) is 5. The molecule has 0 saturated carbocycles. The maximum atomic E-state index is 13.4. The molecule has 0 unspecified atom stereocenters. The Balaban J connectivity index is 2.00. The van der Waals surface area contributed by atoms with Crippen LogP contribution >= 0.6 is 0 Å². The molecule has 0 bridgehead atoms. The molecule has 1 aliphatic rings. The van der Waals surface area contributed by atoms with Gasteiger partial charge in [-0.05, 0) is 31.2 Å². The largest absolute Gasteiger partial charge is 0.462 e. The second-order valence-electron chi connectivity index (χ2n) is 5.19. The van der Waals surface area contributed by atoms with Gasteiger partial charge < -0.3 is 14.4 Å². The van der Waals surface area contributed by atoms with E-state index in [1.165, 1.54) is 11.1 Å². The Hall–Kier alpha value is -2.28. The van der Waals surface area contributed by atoms with Gasteiger partial charge in [0.1, 0.15) is 6.54 Å². The molecule has 0 radical (unpaired) electrons. The average molecular weight is 322 g/mol. The number of halogens is 2. The van der Waals surface area contributed by atoms with Crippen LogP contribution in [-0.2, 0) is 9.47 Å². The van der Waals surface area contributed by atoms with Crippen molar-refractivity contribution in [1.29, 1.82) is 0 Å². The number of alkyl halides is 2. The fourth-order valence-electron chi connectivity index (χ4n) is 2.59. The fraction of sp³-hybridized carbons (Fsp3) is 0.375. The van der Waals surface area contributed by atoms with Gasteiger partial charge in [-0.15, -0.1) is 0 Å². The van der Waals surface area contributed by atoms with E-state index in [1.54, 1.807) is 31.2 Å². The average Bonchev–Trinajstić information content (AvgIpc) is 2.53. The van der Waals surface area contributed by atoms with E-state index in [0.29, 0.717) is 28.7 Å². The van der Waals surface area contributed by atoms with E-state index < -0.39 is 18.6 Å². The first kappa shape index (κ1) is 15.6.